The smallest absolute Gasteiger partial charge is 0.343 e. The molecule has 0 N–H and O–H groups in total. The van der Waals surface area contributed by atoms with Crippen molar-refractivity contribution in [3.05, 3.63) is 155 Å². The van der Waals surface area contributed by atoms with Gasteiger partial charge in [0.15, 0.2) is 12.4 Å². The van der Waals surface area contributed by atoms with Crippen molar-refractivity contribution in [2.75, 3.05) is 18.1 Å². The van der Waals surface area contributed by atoms with Gasteiger partial charge in [0.05, 0.1) is 11.5 Å². The van der Waals surface area contributed by atoms with Crippen LogP contribution in [0.5, 0.6) is 17.2 Å². The highest BCUT2D eigenvalue weighted by Gasteiger charge is 2.36. The number of carbonyl (C=O) groups excluding carboxylic acids is 4. The number of aryl methyl sites for hydroxylation is 1. The van der Waals surface area contributed by atoms with Crippen molar-refractivity contribution in [3.63, 3.8) is 0 Å². The van der Waals surface area contributed by atoms with E-state index in [4.69, 9.17) is 14.2 Å². The van der Waals surface area contributed by atoms with Gasteiger partial charge in [-0.2, -0.15) is 0 Å². The Kier molecular flexibility index (Phi) is 9.90. The molecule has 1 aliphatic rings. The Labute approximate surface area is 291 Å². The quantitative estimate of drug-likeness (QED) is 0.0797. The third-order valence-electron chi connectivity index (χ3n) is 8.93. The van der Waals surface area contributed by atoms with E-state index in [0.717, 1.165) is 5.56 Å². The number of anilines is 1. The van der Waals surface area contributed by atoms with Crippen LogP contribution in [0.3, 0.4) is 0 Å². The predicted molar refractivity (Wildman–Crippen MR) is 190 cm³/mol. The maximum atomic E-state index is 12.8. The number of esters is 2. The Morgan fingerprint density at radius 1 is 0.700 bits per heavy atom. The summed E-state index contributed by atoms with van der Waals surface area (Å²) in [4.78, 5) is 52.3. The number of carbonyl (C=O) groups is 4. The van der Waals surface area contributed by atoms with Gasteiger partial charge < -0.3 is 19.1 Å². The van der Waals surface area contributed by atoms with Crippen molar-refractivity contribution in [2.45, 2.75) is 32.6 Å². The molecule has 1 amide bonds. The Balaban J connectivity index is 0.981. The molecule has 5 aromatic rings. The molecule has 0 unspecified atom stereocenters. The van der Waals surface area contributed by atoms with Crippen molar-refractivity contribution >= 4 is 29.3 Å². The van der Waals surface area contributed by atoms with Crippen molar-refractivity contribution < 1.29 is 33.4 Å². The number of benzene rings is 5. The molecule has 1 saturated heterocycles. The van der Waals surface area contributed by atoms with Gasteiger partial charge in [0.25, 0.3) is 0 Å². The van der Waals surface area contributed by atoms with Crippen LogP contribution < -0.4 is 14.4 Å². The lowest BCUT2D eigenvalue weighted by molar-refractivity contribution is -0.147. The van der Waals surface area contributed by atoms with Crippen molar-refractivity contribution in [1.29, 1.82) is 0 Å². The van der Waals surface area contributed by atoms with E-state index in [0.29, 0.717) is 28.3 Å². The highest BCUT2D eigenvalue weighted by molar-refractivity contribution is 6.01. The van der Waals surface area contributed by atoms with E-state index in [1.54, 1.807) is 36.4 Å². The van der Waals surface area contributed by atoms with Crippen LogP contribution in [0.4, 0.5) is 5.69 Å². The molecule has 1 aliphatic heterocycles. The van der Waals surface area contributed by atoms with Crippen molar-refractivity contribution in [3.8, 4) is 17.2 Å². The van der Waals surface area contributed by atoms with Crippen LogP contribution in [0.15, 0.2) is 127 Å². The minimum absolute atomic E-state index is 0.0159. The zero-order valence-corrected chi connectivity index (χ0v) is 28.1. The number of hydrogen-bond donors (Lipinski definition) is 0. The molecule has 0 aliphatic carbocycles. The molecule has 0 saturated carbocycles. The van der Waals surface area contributed by atoms with Crippen LogP contribution in [0.25, 0.3) is 0 Å². The number of nitrogens with zero attached hydrogens (tertiary/aromatic N) is 1. The van der Waals surface area contributed by atoms with E-state index in [9.17, 15) is 19.2 Å². The molecule has 1 heterocycles. The predicted octanol–water partition coefficient (Wildman–Crippen LogP) is 8.11. The maximum absolute atomic E-state index is 12.8. The molecule has 8 heteroatoms. The molecule has 50 heavy (non-hydrogen) atoms. The van der Waals surface area contributed by atoms with Gasteiger partial charge in [-0.3, -0.25) is 14.4 Å². The molecule has 252 valence electrons. The second-order valence-electron chi connectivity index (χ2n) is 12.8. The first-order valence-electron chi connectivity index (χ1n) is 16.4. The minimum Gasteiger partial charge on any atom is -0.457 e. The van der Waals surface area contributed by atoms with Gasteiger partial charge in [0.1, 0.15) is 17.2 Å². The van der Waals surface area contributed by atoms with Crippen LogP contribution in [0.1, 0.15) is 57.7 Å². The fourth-order valence-corrected chi connectivity index (χ4v) is 5.81. The molecule has 1 fully saturated rings. The topological polar surface area (TPSA) is 99.2 Å². The SMILES string of the molecule is Cc1ccc(C(=O)Oc2ccc(C(=O)COC(=O)[C@@H]3CC(=O)N(c4ccc(Oc5ccc(C(C)(C)c6ccccc6)cc5)cc4)C3)cc2)cc1. The number of ether oxygens (including phenoxy) is 3. The van der Waals surface area contributed by atoms with E-state index in [-0.39, 0.29) is 30.0 Å². The normalized spacial score (nSPS) is 14.3. The molecule has 0 radical (unpaired) electrons. The highest BCUT2D eigenvalue weighted by Crippen LogP contribution is 2.34. The number of ketones is 1. The molecule has 8 nitrogen and oxygen atoms in total. The van der Waals surface area contributed by atoms with E-state index in [1.807, 2.05) is 49.4 Å². The Morgan fingerprint density at radius 3 is 1.90 bits per heavy atom. The summed E-state index contributed by atoms with van der Waals surface area (Å²) in [5, 5.41) is 0. The Bertz CT molecular complexity index is 1980. The van der Waals surface area contributed by atoms with Gasteiger partial charge >= 0.3 is 11.9 Å². The summed E-state index contributed by atoms with van der Waals surface area (Å²) >= 11 is 0. The summed E-state index contributed by atoms with van der Waals surface area (Å²) in [5.74, 6) is -0.858. The first kappa shape index (κ1) is 33.9. The third kappa shape index (κ3) is 7.81. The molecule has 5 aromatic carbocycles. The average Bonchev–Trinajstić information content (AvgIpc) is 3.53. The number of Topliss-reactive ketones (excluding diaryl/α,β-unsaturated/α-hetero) is 1. The molecule has 6 rings (SSSR count). The zero-order valence-electron chi connectivity index (χ0n) is 28.1. The molecular formula is C42H37NO7. The van der Waals surface area contributed by atoms with Gasteiger partial charge in [-0.15, -0.1) is 0 Å². The van der Waals surface area contributed by atoms with Gasteiger partial charge in [0, 0.05) is 29.6 Å². The Hall–Kier alpha value is -6.02. The Morgan fingerprint density at radius 2 is 1.26 bits per heavy atom. The van der Waals surface area contributed by atoms with E-state index in [2.05, 4.69) is 38.1 Å². The van der Waals surface area contributed by atoms with Crippen LogP contribution in [-0.2, 0) is 19.7 Å². The second kappa shape index (κ2) is 14.6. The lowest BCUT2D eigenvalue weighted by Crippen LogP contribution is -2.27. The van der Waals surface area contributed by atoms with Gasteiger partial charge in [-0.25, -0.2) is 4.79 Å². The number of hydrogen-bond acceptors (Lipinski definition) is 7. The first-order chi connectivity index (χ1) is 24.1. The van der Waals surface area contributed by atoms with E-state index < -0.39 is 30.2 Å². The van der Waals surface area contributed by atoms with Crippen molar-refractivity contribution in [2.24, 2.45) is 5.92 Å². The van der Waals surface area contributed by atoms with Gasteiger partial charge in [-0.05, 0) is 90.8 Å². The molecule has 0 spiro atoms. The summed E-state index contributed by atoms with van der Waals surface area (Å²) < 4.78 is 16.7. The molecular weight excluding hydrogens is 630 g/mol. The van der Waals surface area contributed by atoms with Gasteiger partial charge in [-0.1, -0.05) is 74.0 Å². The number of rotatable bonds is 11. The molecule has 1 atom stereocenters. The summed E-state index contributed by atoms with van der Waals surface area (Å²) in [6.45, 7) is 5.98. The second-order valence-corrected chi connectivity index (χ2v) is 12.8. The van der Waals surface area contributed by atoms with E-state index >= 15 is 0 Å². The monoisotopic (exact) mass is 667 g/mol. The zero-order chi connectivity index (χ0) is 35.3. The molecule has 0 bridgehead atoms. The fourth-order valence-electron chi connectivity index (χ4n) is 5.81. The number of amides is 1. The summed E-state index contributed by atoms with van der Waals surface area (Å²) in [6, 6.07) is 38.5. The minimum atomic E-state index is -0.701. The van der Waals surface area contributed by atoms with Crippen LogP contribution in [-0.4, -0.2) is 36.8 Å². The van der Waals surface area contributed by atoms with Crippen LogP contribution >= 0.6 is 0 Å². The lowest BCUT2D eigenvalue weighted by atomic mass is 9.78. The average molecular weight is 668 g/mol. The summed E-state index contributed by atoms with van der Waals surface area (Å²) in [7, 11) is 0. The standard InChI is InChI=1S/C42H37NO7/c1-28-9-11-30(12-10-28)41(47)50-37-19-13-29(14-20-37)38(44)27-48-40(46)31-25-39(45)43(26-31)34-17-23-36(24-18-34)49-35-21-15-33(16-22-35)42(2,3)32-7-5-4-6-8-32/h4-24,31H,25-27H2,1-3H3/t31-/m1/s1. The third-order valence-corrected chi connectivity index (χ3v) is 8.93. The largest absolute Gasteiger partial charge is 0.457 e. The van der Waals surface area contributed by atoms with Crippen LogP contribution in [0.2, 0.25) is 0 Å². The maximum Gasteiger partial charge on any atom is 0.343 e. The first-order valence-corrected chi connectivity index (χ1v) is 16.4. The van der Waals surface area contributed by atoms with Crippen molar-refractivity contribution in [1.82, 2.24) is 0 Å². The highest BCUT2D eigenvalue weighted by atomic mass is 16.5. The lowest BCUT2D eigenvalue weighted by Gasteiger charge is -2.26. The fraction of sp³-hybridized carbons (Fsp3) is 0.190. The molecule has 0 aromatic heterocycles. The van der Waals surface area contributed by atoms with Gasteiger partial charge in [0.2, 0.25) is 5.91 Å². The van der Waals surface area contributed by atoms with E-state index in [1.165, 1.54) is 40.3 Å². The summed E-state index contributed by atoms with van der Waals surface area (Å²) in [5.41, 5.74) is 4.62. The van der Waals surface area contributed by atoms with Crippen LogP contribution in [0, 0.1) is 12.8 Å². The summed E-state index contributed by atoms with van der Waals surface area (Å²) in [6.07, 6.45) is -0.0159.